The Hall–Kier alpha value is -1.93. The third-order valence-electron chi connectivity index (χ3n) is 2.40. The minimum Gasteiger partial charge on any atom is -0.478 e. The van der Waals surface area contributed by atoms with E-state index in [4.69, 9.17) is 5.11 Å². The summed E-state index contributed by atoms with van der Waals surface area (Å²) in [6, 6.07) is 6.78. The van der Waals surface area contributed by atoms with Crippen molar-refractivity contribution in [3.63, 3.8) is 0 Å². The molecule has 0 aliphatic heterocycles. The maximum Gasteiger partial charge on any atom is 0.335 e. The van der Waals surface area contributed by atoms with E-state index in [2.05, 4.69) is 25.6 Å². The molecule has 0 saturated heterocycles. The summed E-state index contributed by atoms with van der Waals surface area (Å²) in [5.74, 6) is -1.20. The van der Waals surface area contributed by atoms with Gasteiger partial charge in [-0.3, -0.25) is 9.71 Å². The Bertz CT molecular complexity index is 747. The van der Waals surface area contributed by atoms with E-state index in [0.717, 1.165) is 6.07 Å². The van der Waals surface area contributed by atoms with E-state index in [9.17, 15) is 13.2 Å². The van der Waals surface area contributed by atoms with Crippen molar-refractivity contribution in [2.45, 2.75) is 4.90 Å². The topological polar surface area (TPSA) is 96.4 Å². The monoisotopic (exact) mass is 356 g/mol. The minimum absolute atomic E-state index is 0.108. The van der Waals surface area contributed by atoms with Crippen LogP contribution in [-0.4, -0.2) is 24.5 Å². The summed E-state index contributed by atoms with van der Waals surface area (Å²) in [5, 5.41) is 8.92. The first kappa shape index (κ1) is 14.5. The lowest BCUT2D eigenvalue weighted by Crippen LogP contribution is -2.14. The molecule has 0 unspecified atom stereocenters. The van der Waals surface area contributed by atoms with Crippen molar-refractivity contribution < 1.29 is 18.3 Å². The fraction of sp³-hybridized carbons (Fsp3) is 0. The van der Waals surface area contributed by atoms with Gasteiger partial charge in [-0.05, 0) is 46.3 Å². The summed E-state index contributed by atoms with van der Waals surface area (Å²) in [6.45, 7) is 0. The number of aromatic carboxylic acids is 1. The highest BCUT2D eigenvalue weighted by molar-refractivity contribution is 9.10. The fourth-order valence-electron chi connectivity index (χ4n) is 1.47. The van der Waals surface area contributed by atoms with E-state index in [0.29, 0.717) is 5.69 Å². The normalized spacial score (nSPS) is 11.1. The number of carboxylic acids is 1. The molecule has 6 nitrogen and oxygen atoms in total. The predicted molar refractivity (Wildman–Crippen MR) is 76.1 cm³/mol. The molecule has 0 aliphatic rings. The first-order valence-electron chi connectivity index (χ1n) is 5.36. The molecule has 0 fully saturated rings. The van der Waals surface area contributed by atoms with Gasteiger partial charge in [0.15, 0.2) is 0 Å². The van der Waals surface area contributed by atoms with Crippen molar-refractivity contribution in [3.8, 4) is 0 Å². The molecule has 2 rings (SSSR count). The van der Waals surface area contributed by atoms with E-state index in [1.54, 1.807) is 0 Å². The number of aromatic nitrogens is 1. The van der Waals surface area contributed by atoms with Crippen molar-refractivity contribution in [1.29, 1.82) is 0 Å². The molecule has 0 bridgehead atoms. The number of benzene rings is 1. The van der Waals surface area contributed by atoms with E-state index >= 15 is 0 Å². The summed E-state index contributed by atoms with van der Waals surface area (Å²) in [4.78, 5) is 14.5. The second-order valence-electron chi connectivity index (χ2n) is 3.79. The van der Waals surface area contributed by atoms with Crippen LogP contribution in [0.1, 0.15) is 10.4 Å². The Balaban J connectivity index is 2.44. The molecule has 2 aromatic rings. The fourth-order valence-corrected chi connectivity index (χ4v) is 3.52. The van der Waals surface area contributed by atoms with Crippen LogP contribution >= 0.6 is 15.9 Å². The number of sulfonamides is 1. The second kappa shape index (κ2) is 5.59. The molecule has 1 aromatic carbocycles. The van der Waals surface area contributed by atoms with Gasteiger partial charge < -0.3 is 5.11 Å². The molecule has 104 valence electrons. The van der Waals surface area contributed by atoms with E-state index in [-0.39, 0.29) is 14.9 Å². The molecule has 20 heavy (non-hydrogen) atoms. The van der Waals surface area contributed by atoms with Crippen molar-refractivity contribution in [1.82, 2.24) is 4.98 Å². The average Bonchev–Trinajstić information content (AvgIpc) is 2.39. The van der Waals surface area contributed by atoms with Crippen LogP contribution < -0.4 is 4.72 Å². The minimum atomic E-state index is -3.89. The quantitative estimate of drug-likeness (QED) is 0.876. The molecule has 1 heterocycles. The molecule has 2 N–H and O–H groups in total. The van der Waals surface area contributed by atoms with Gasteiger partial charge in [-0.1, -0.05) is 0 Å². The number of nitrogens with one attached hydrogen (secondary N) is 1. The number of hydrogen-bond donors (Lipinski definition) is 2. The van der Waals surface area contributed by atoms with Gasteiger partial charge in [0.2, 0.25) is 0 Å². The summed E-state index contributed by atoms with van der Waals surface area (Å²) in [6.07, 6.45) is 2.89. The van der Waals surface area contributed by atoms with Gasteiger partial charge in [-0.15, -0.1) is 0 Å². The van der Waals surface area contributed by atoms with Crippen LogP contribution in [0.15, 0.2) is 52.1 Å². The van der Waals surface area contributed by atoms with Crippen LogP contribution in [-0.2, 0) is 10.0 Å². The number of nitrogens with zero attached hydrogens (tertiary/aromatic N) is 1. The smallest absolute Gasteiger partial charge is 0.335 e. The highest BCUT2D eigenvalue weighted by Crippen LogP contribution is 2.25. The van der Waals surface area contributed by atoms with E-state index < -0.39 is 16.0 Å². The van der Waals surface area contributed by atoms with Crippen LogP contribution in [0.4, 0.5) is 5.69 Å². The predicted octanol–water partition coefficient (Wildman–Crippen LogP) is 2.34. The van der Waals surface area contributed by atoms with Gasteiger partial charge in [-0.2, -0.15) is 0 Å². The number of pyridine rings is 1. The first-order valence-corrected chi connectivity index (χ1v) is 7.63. The van der Waals surface area contributed by atoms with Crippen molar-refractivity contribution in [3.05, 3.63) is 52.8 Å². The number of anilines is 1. The van der Waals surface area contributed by atoms with Crippen LogP contribution in [0.3, 0.4) is 0 Å². The zero-order valence-electron chi connectivity index (χ0n) is 9.95. The van der Waals surface area contributed by atoms with Crippen molar-refractivity contribution >= 4 is 37.6 Å². The maximum atomic E-state index is 12.2. The summed E-state index contributed by atoms with van der Waals surface area (Å²) in [5.41, 5.74) is 0.232. The summed E-state index contributed by atoms with van der Waals surface area (Å²) in [7, 11) is -3.89. The molecule has 0 amide bonds. The Morgan fingerprint density at radius 2 is 1.85 bits per heavy atom. The Morgan fingerprint density at radius 1 is 1.20 bits per heavy atom. The Morgan fingerprint density at radius 3 is 2.45 bits per heavy atom. The lowest BCUT2D eigenvalue weighted by Gasteiger charge is -2.10. The SMILES string of the molecule is O=C(O)c1ccc(Br)c(S(=O)(=O)Nc2ccncc2)c1. The van der Waals surface area contributed by atoms with Gasteiger partial charge in [-0.25, -0.2) is 13.2 Å². The number of halogens is 1. The molecule has 0 atom stereocenters. The van der Waals surface area contributed by atoms with Crippen molar-refractivity contribution in [2.75, 3.05) is 4.72 Å². The number of rotatable bonds is 4. The van der Waals surface area contributed by atoms with Gasteiger partial charge in [0, 0.05) is 16.9 Å². The van der Waals surface area contributed by atoms with Crippen LogP contribution in [0.2, 0.25) is 0 Å². The van der Waals surface area contributed by atoms with Crippen LogP contribution in [0.25, 0.3) is 0 Å². The number of hydrogen-bond acceptors (Lipinski definition) is 4. The van der Waals surface area contributed by atoms with Gasteiger partial charge >= 0.3 is 5.97 Å². The number of carboxylic acid groups (broad SMARTS) is 1. The zero-order chi connectivity index (χ0) is 14.8. The first-order chi connectivity index (χ1) is 9.40. The molecule has 0 spiro atoms. The molecule has 8 heteroatoms. The average molecular weight is 357 g/mol. The molecule has 0 aliphatic carbocycles. The molecule has 0 radical (unpaired) electrons. The van der Waals surface area contributed by atoms with Crippen LogP contribution in [0.5, 0.6) is 0 Å². The van der Waals surface area contributed by atoms with E-state index in [1.165, 1.54) is 36.7 Å². The molecular weight excluding hydrogens is 348 g/mol. The standard InChI is InChI=1S/C12H9BrN2O4S/c13-10-2-1-8(12(16)17)7-11(10)20(18,19)15-9-3-5-14-6-4-9/h1-7H,(H,14,15)(H,16,17). The largest absolute Gasteiger partial charge is 0.478 e. The molecule has 1 aromatic heterocycles. The second-order valence-corrected chi connectivity index (χ2v) is 6.30. The lowest BCUT2D eigenvalue weighted by atomic mass is 10.2. The lowest BCUT2D eigenvalue weighted by molar-refractivity contribution is 0.0696. The van der Waals surface area contributed by atoms with Gasteiger partial charge in [0.25, 0.3) is 10.0 Å². The Labute approximate surface area is 123 Å². The number of carbonyl (C=O) groups is 1. The maximum absolute atomic E-state index is 12.2. The van der Waals surface area contributed by atoms with Crippen LogP contribution in [0, 0.1) is 0 Å². The molecule has 0 saturated carbocycles. The van der Waals surface area contributed by atoms with Gasteiger partial charge in [0.05, 0.1) is 11.3 Å². The van der Waals surface area contributed by atoms with Gasteiger partial charge in [0.1, 0.15) is 4.90 Å². The Kier molecular flexibility index (Phi) is 4.05. The summed E-state index contributed by atoms with van der Waals surface area (Å²) < 4.78 is 27.1. The van der Waals surface area contributed by atoms with E-state index in [1.807, 2.05) is 0 Å². The highest BCUT2D eigenvalue weighted by Gasteiger charge is 2.19. The highest BCUT2D eigenvalue weighted by atomic mass is 79.9. The zero-order valence-corrected chi connectivity index (χ0v) is 12.3. The third-order valence-corrected chi connectivity index (χ3v) is 4.78. The molecular formula is C12H9BrN2O4S. The third kappa shape index (κ3) is 3.14. The van der Waals surface area contributed by atoms with Crippen molar-refractivity contribution in [2.24, 2.45) is 0 Å². The summed E-state index contributed by atoms with van der Waals surface area (Å²) >= 11 is 3.10.